The molecule has 21 heavy (non-hydrogen) atoms. The first-order valence-corrected chi connectivity index (χ1v) is 6.59. The van der Waals surface area contributed by atoms with Crippen LogP contribution in [0.5, 0.6) is 0 Å². The molecule has 1 amide bonds. The van der Waals surface area contributed by atoms with Crippen molar-refractivity contribution >= 4 is 11.6 Å². The van der Waals surface area contributed by atoms with Crippen molar-refractivity contribution in [2.75, 3.05) is 5.73 Å². The van der Waals surface area contributed by atoms with Crippen LogP contribution in [0.15, 0.2) is 42.5 Å². The van der Waals surface area contributed by atoms with Crippen LogP contribution in [0.3, 0.4) is 0 Å². The Morgan fingerprint density at radius 1 is 1.14 bits per heavy atom. The van der Waals surface area contributed by atoms with Crippen molar-refractivity contribution in [1.82, 2.24) is 5.32 Å². The normalized spacial score (nSPS) is 10.4. The van der Waals surface area contributed by atoms with Gasteiger partial charge < -0.3 is 11.1 Å². The quantitative estimate of drug-likeness (QED) is 0.832. The molecule has 0 saturated carbocycles. The van der Waals surface area contributed by atoms with Gasteiger partial charge in [-0.3, -0.25) is 4.79 Å². The van der Waals surface area contributed by atoms with Crippen LogP contribution in [0.25, 0.3) is 0 Å². The lowest BCUT2D eigenvalue weighted by molar-refractivity contribution is -0.121. The second kappa shape index (κ2) is 6.83. The molecule has 0 aliphatic carbocycles. The molecule has 0 aliphatic rings. The van der Waals surface area contributed by atoms with E-state index in [0.717, 1.165) is 23.8 Å². The molecular formula is C16H16F2N2O. The second-order valence-corrected chi connectivity index (χ2v) is 4.76. The molecule has 5 heteroatoms. The number of carbonyl (C=O) groups is 1. The van der Waals surface area contributed by atoms with Crippen molar-refractivity contribution in [1.29, 1.82) is 0 Å². The highest BCUT2D eigenvalue weighted by Crippen LogP contribution is 2.10. The van der Waals surface area contributed by atoms with Gasteiger partial charge in [0, 0.05) is 24.2 Å². The predicted molar refractivity (Wildman–Crippen MR) is 77.4 cm³/mol. The Kier molecular flexibility index (Phi) is 4.87. The zero-order chi connectivity index (χ0) is 15.2. The summed E-state index contributed by atoms with van der Waals surface area (Å²) >= 11 is 0. The van der Waals surface area contributed by atoms with E-state index in [0.29, 0.717) is 12.1 Å². The average Bonchev–Trinajstić information content (AvgIpc) is 2.46. The molecule has 0 atom stereocenters. The number of halogens is 2. The number of nitrogens with one attached hydrogen (secondary N) is 1. The topological polar surface area (TPSA) is 55.1 Å². The third-order valence-corrected chi connectivity index (χ3v) is 3.08. The van der Waals surface area contributed by atoms with Gasteiger partial charge in [-0.05, 0) is 42.3 Å². The lowest BCUT2D eigenvalue weighted by atomic mass is 10.1. The maximum absolute atomic E-state index is 13.4. The van der Waals surface area contributed by atoms with Crippen LogP contribution in [-0.4, -0.2) is 5.91 Å². The minimum Gasteiger partial charge on any atom is -0.399 e. The Balaban J connectivity index is 1.83. The van der Waals surface area contributed by atoms with Crippen LogP contribution in [0, 0.1) is 11.6 Å². The number of nitrogen functional groups attached to an aromatic ring is 1. The Morgan fingerprint density at radius 2 is 1.95 bits per heavy atom. The third kappa shape index (κ3) is 4.56. The molecule has 2 rings (SSSR count). The molecular weight excluding hydrogens is 274 g/mol. The summed E-state index contributed by atoms with van der Waals surface area (Å²) in [5.41, 5.74) is 7.39. The number of hydrogen-bond donors (Lipinski definition) is 2. The van der Waals surface area contributed by atoms with Crippen LogP contribution in [0.1, 0.15) is 17.5 Å². The molecule has 0 spiro atoms. The number of anilines is 1. The van der Waals surface area contributed by atoms with E-state index in [-0.39, 0.29) is 24.4 Å². The molecule has 0 bridgehead atoms. The predicted octanol–water partition coefficient (Wildman–Crippen LogP) is 2.80. The van der Waals surface area contributed by atoms with Crippen molar-refractivity contribution in [3.05, 3.63) is 65.2 Å². The molecule has 3 nitrogen and oxygen atoms in total. The Hall–Kier alpha value is -2.43. The molecule has 2 aromatic rings. The van der Waals surface area contributed by atoms with E-state index >= 15 is 0 Å². The second-order valence-electron chi connectivity index (χ2n) is 4.76. The van der Waals surface area contributed by atoms with Gasteiger partial charge in [-0.15, -0.1) is 0 Å². The summed E-state index contributed by atoms with van der Waals surface area (Å²) in [6, 6.07) is 10.5. The third-order valence-electron chi connectivity index (χ3n) is 3.08. The molecule has 3 N–H and O–H groups in total. The highest BCUT2D eigenvalue weighted by atomic mass is 19.1. The zero-order valence-corrected chi connectivity index (χ0v) is 11.4. The lowest BCUT2D eigenvalue weighted by Crippen LogP contribution is -2.23. The van der Waals surface area contributed by atoms with E-state index in [4.69, 9.17) is 5.73 Å². The monoisotopic (exact) mass is 290 g/mol. The smallest absolute Gasteiger partial charge is 0.220 e. The molecule has 0 radical (unpaired) electrons. The van der Waals surface area contributed by atoms with Crippen LogP contribution in [0.4, 0.5) is 14.5 Å². The number of benzene rings is 2. The van der Waals surface area contributed by atoms with Gasteiger partial charge in [-0.2, -0.15) is 0 Å². The van der Waals surface area contributed by atoms with Crippen molar-refractivity contribution < 1.29 is 13.6 Å². The maximum Gasteiger partial charge on any atom is 0.220 e. The fourth-order valence-electron chi connectivity index (χ4n) is 1.97. The summed E-state index contributed by atoms with van der Waals surface area (Å²) in [7, 11) is 0. The molecule has 0 aliphatic heterocycles. The molecule has 2 aromatic carbocycles. The molecule has 0 aromatic heterocycles. The fourth-order valence-corrected chi connectivity index (χ4v) is 1.97. The number of nitrogens with two attached hydrogens (primary N) is 1. The molecule has 0 unspecified atom stereocenters. The molecule has 0 heterocycles. The maximum atomic E-state index is 13.4. The van der Waals surface area contributed by atoms with Crippen molar-refractivity contribution in [3.63, 3.8) is 0 Å². The van der Waals surface area contributed by atoms with Crippen molar-refractivity contribution in [2.24, 2.45) is 0 Å². The van der Waals surface area contributed by atoms with Gasteiger partial charge in [-0.1, -0.05) is 12.1 Å². The highest BCUT2D eigenvalue weighted by Gasteiger charge is 2.07. The van der Waals surface area contributed by atoms with Gasteiger partial charge in [0.1, 0.15) is 11.6 Å². The van der Waals surface area contributed by atoms with Gasteiger partial charge in [0.05, 0.1) is 0 Å². The van der Waals surface area contributed by atoms with Gasteiger partial charge in [-0.25, -0.2) is 8.78 Å². The first-order valence-electron chi connectivity index (χ1n) is 6.59. The minimum absolute atomic E-state index is 0.0284. The molecule has 110 valence electrons. The highest BCUT2D eigenvalue weighted by molar-refractivity contribution is 5.76. The van der Waals surface area contributed by atoms with E-state index < -0.39 is 11.6 Å². The summed E-state index contributed by atoms with van der Waals surface area (Å²) in [5, 5.41) is 2.58. The number of hydrogen-bond acceptors (Lipinski definition) is 2. The van der Waals surface area contributed by atoms with E-state index in [2.05, 4.69) is 5.32 Å². The minimum atomic E-state index is -0.535. The van der Waals surface area contributed by atoms with Gasteiger partial charge >= 0.3 is 0 Å². The van der Waals surface area contributed by atoms with Gasteiger partial charge in [0.15, 0.2) is 0 Å². The molecule has 0 fully saturated rings. The van der Waals surface area contributed by atoms with Crippen LogP contribution >= 0.6 is 0 Å². The average molecular weight is 290 g/mol. The Morgan fingerprint density at radius 3 is 2.71 bits per heavy atom. The summed E-state index contributed by atoms with van der Waals surface area (Å²) in [4.78, 5) is 11.7. The lowest BCUT2D eigenvalue weighted by Gasteiger charge is -2.07. The Labute approximate surface area is 121 Å². The van der Waals surface area contributed by atoms with Crippen LogP contribution in [0.2, 0.25) is 0 Å². The van der Waals surface area contributed by atoms with Crippen LogP contribution in [-0.2, 0) is 17.8 Å². The van der Waals surface area contributed by atoms with Crippen molar-refractivity contribution in [2.45, 2.75) is 19.4 Å². The van der Waals surface area contributed by atoms with Gasteiger partial charge in [0.2, 0.25) is 5.91 Å². The van der Waals surface area contributed by atoms with Gasteiger partial charge in [0.25, 0.3) is 0 Å². The summed E-state index contributed by atoms with van der Waals surface area (Å²) < 4.78 is 26.4. The van der Waals surface area contributed by atoms with Crippen LogP contribution < -0.4 is 11.1 Å². The standard InChI is InChI=1S/C16H16F2N2O/c17-13-5-6-15(18)12(9-13)10-20-16(21)7-4-11-2-1-3-14(19)8-11/h1-3,5-6,8-9H,4,7,10,19H2,(H,20,21). The number of amides is 1. The number of aryl methyl sites for hydroxylation is 1. The summed E-state index contributed by atoms with van der Waals surface area (Å²) in [6.45, 7) is -0.0284. The summed E-state index contributed by atoms with van der Waals surface area (Å²) in [6.07, 6.45) is 0.808. The zero-order valence-electron chi connectivity index (χ0n) is 11.4. The fraction of sp³-hybridized carbons (Fsp3) is 0.188. The number of carbonyl (C=O) groups excluding carboxylic acids is 1. The Bertz CT molecular complexity index is 644. The van der Waals surface area contributed by atoms with E-state index in [1.165, 1.54) is 0 Å². The first kappa shape index (κ1) is 15.0. The summed E-state index contributed by atoms with van der Waals surface area (Å²) in [5.74, 6) is -1.28. The SMILES string of the molecule is Nc1cccc(CCC(=O)NCc2cc(F)ccc2F)c1. The first-order chi connectivity index (χ1) is 10.0. The van der Waals surface area contributed by atoms with E-state index in [9.17, 15) is 13.6 Å². The van der Waals surface area contributed by atoms with E-state index in [1.807, 2.05) is 12.1 Å². The van der Waals surface area contributed by atoms with E-state index in [1.54, 1.807) is 12.1 Å². The number of rotatable bonds is 5. The van der Waals surface area contributed by atoms with Crippen molar-refractivity contribution in [3.8, 4) is 0 Å². The largest absolute Gasteiger partial charge is 0.399 e. The molecule has 0 saturated heterocycles.